The van der Waals surface area contributed by atoms with Gasteiger partial charge in [-0.15, -0.1) is 0 Å². The Morgan fingerprint density at radius 3 is 2.49 bits per heavy atom. The Labute approximate surface area is 319 Å². The largest absolute Gasteiger partial charge is 0.465 e. The third-order valence-electron chi connectivity index (χ3n) is 16.9. The Hall–Kier alpha value is -2.64. The number of aromatic amines is 1. The summed E-state index contributed by atoms with van der Waals surface area (Å²) in [4.78, 5) is 17.3. The fraction of sp³-hybridized carbons (Fsp3) is 0.739. The highest BCUT2D eigenvalue weighted by molar-refractivity contribution is 5.82. The number of nitrogen functional groups attached to an aromatic ring is 1. The molecule has 0 spiro atoms. The van der Waals surface area contributed by atoms with Crippen LogP contribution in [0, 0.1) is 44.8 Å². The highest BCUT2D eigenvalue weighted by atomic mass is 16.5. The number of anilines is 1. The van der Waals surface area contributed by atoms with Crippen molar-refractivity contribution >= 4 is 17.4 Å². The summed E-state index contributed by atoms with van der Waals surface area (Å²) in [5, 5.41) is 8.02. The van der Waals surface area contributed by atoms with Crippen molar-refractivity contribution in [3.63, 3.8) is 0 Å². The number of nitrogens with two attached hydrogens (primary N) is 1. The number of H-pyrrole nitrogens is 1. The third-order valence-corrected chi connectivity index (χ3v) is 16.9. The SMILES string of the molecule is CCCCOC(=O)[C@]12CCC(C)(C)C[C@H]1C1=C(c3ccccc3CN3CCOCC3)CC3[C@@]4(C)Cc5c(N)n[nH]c5C(C)(C)[C@@H]4CC[C@@]3(C)[C@]1(C)CC2. The summed E-state index contributed by atoms with van der Waals surface area (Å²) in [6, 6.07) is 9.33. The zero-order valence-electron chi connectivity index (χ0n) is 34.3. The molecule has 0 bridgehead atoms. The van der Waals surface area contributed by atoms with Gasteiger partial charge >= 0.3 is 5.97 Å². The highest BCUT2D eigenvalue weighted by Crippen LogP contribution is 2.77. The zero-order valence-corrected chi connectivity index (χ0v) is 34.3. The third kappa shape index (κ3) is 5.54. The van der Waals surface area contributed by atoms with E-state index in [1.165, 1.54) is 35.2 Å². The quantitative estimate of drug-likeness (QED) is 0.218. The van der Waals surface area contributed by atoms with Crippen molar-refractivity contribution in [1.29, 1.82) is 0 Å². The number of carbonyl (C=O) groups excluding carboxylic acids is 1. The summed E-state index contributed by atoms with van der Waals surface area (Å²) >= 11 is 0. The lowest BCUT2D eigenvalue weighted by molar-refractivity contribution is -0.180. The van der Waals surface area contributed by atoms with Crippen LogP contribution in [0.25, 0.3) is 5.57 Å². The number of hydrogen-bond acceptors (Lipinski definition) is 6. The predicted molar refractivity (Wildman–Crippen MR) is 213 cm³/mol. The molecule has 3 saturated carbocycles. The van der Waals surface area contributed by atoms with Crippen molar-refractivity contribution in [3.05, 3.63) is 52.2 Å². The first-order chi connectivity index (χ1) is 25.1. The molecule has 2 aromatic rings. The Morgan fingerprint density at radius 2 is 1.74 bits per heavy atom. The minimum atomic E-state index is -0.459. The number of unbranched alkanes of at least 4 members (excludes halogenated alkanes) is 1. The zero-order chi connectivity index (χ0) is 37.6. The van der Waals surface area contributed by atoms with Crippen molar-refractivity contribution < 1.29 is 14.3 Å². The molecule has 8 rings (SSSR count). The molecule has 6 aliphatic rings. The number of esters is 1. The van der Waals surface area contributed by atoms with Crippen molar-refractivity contribution in [2.45, 2.75) is 138 Å². The van der Waals surface area contributed by atoms with Crippen LogP contribution < -0.4 is 5.73 Å². The van der Waals surface area contributed by atoms with Crippen molar-refractivity contribution in [2.75, 3.05) is 38.6 Å². The van der Waals surface area contributed by atoms with E-state index in [9.17, 15) is 4.79 Å². The molecular formula is C46H68N4O3. The Bertz CT molecular complexity index is 1770. The van der Waals surface area contributed by atoms with Gasteiger partial charge in [0.2, 0.25) is 0 Å². The molecule has 1 aromatic heterocycles. The molecule has 7 atom stereocenters. The summed E-state index contributed by atoms with van der Waals surface area (Å²) in [6.07, 6.45) is 11.4. The van der Waals surface area contributed by atoms with E-state index in [0.29, 0.717) is 24.3 Å². The molecule has 1 aromatic carbocycles. The van der Waals surface area contributed by atoms with Gasteiger partial charge in [0.15, 0.2) is 0 Å². The number of morpholine rings is 1. The lowest BCUT2D eigenvalue weighted by Gasteiger charge is -2.71. The molecule has 290 valence electrons. The number of rotatable bonds is 7. The van der Waals surface area contributed by atoms with E-state index in [1.54, 1.807) is 11.1 Å². The number of allylic oxidation sites excluding steroid dienone is 2. The van der Waals surface area contributed by atoms with Crippen molar-refractivity contribution in [2.24, 2.45) is 44.8 Å². The minimum absolute atomic E-state index is 0.0416. The Kier molecular flexibility index (Phi) is 9.12. The van der Waals surface area contributed by atoms with E-state index in [0.717, 1.165) is 90.6 Å². The molecule has 5 aliphatic carbocycles. The molecule has 2 heterocycles. The molecule has 1 unspecified atom stereocenters. The van der Waals surface area contributed by atoms with E-state index in [4.69, 9.17) is 15.2 Å². The van der Waals surface area contributed by atoms with Gasteiger partial charge in [-0.05, 0) is 120 Å². The summed E-state index contributed by atoms with van der Waals surface area (Å²) in [5.41, 5.74) is 14.9. The maximum atomic E-state index is 14.7. The van der Waals surface area contributed by atoms with Crippen molar-refractivity contribution in [1.82, 2.24) is 15.1 Å². The lowest BCUT2D eigenvalue weighted by Crippen LogP contribution is -2.65. The topological polar surface area (TPSA) is 93.5 Å². The van der Waals surface area contributed by atoms with E-state index in [2.05, 4.69) is 94.8 Å². The second-order valence-electron chi connectivity index (χ2n) is 20.5. The normalized spacial score (nSPS) is 37.5. The summed E-state index contributed by atoms with van der Waals surface area (Å²) in [7, 11) is 0. The van der Waals surface area contributed by atoms with Gasteiger partial charge < -0.3 is 15.2 Å². The van der Waals surface area contributed by atoms with Gasteiger partial charge in [-0.2, -0.15) is 5.10 Å². The van der Waals surface area contributed by atoms with Crippen LogP contribution in [0.3, 0.4) is 0 Å². The van der Waals surface area contributed by atoms with Gasteiger partial charge in [0.25, 0.3) is 0 Å². The molecule has 1 aliphatic heterocycles. The van der Waals surface area contributed by atoms with Gasteiger partial charge in [0.1, 0.15) is 5.82 Å². The van der Waals surface area contributed by atoms with Crippen LogP contribution in [-0.2, 0) is 32.6 Å². The van der Waals surface area contributed by atoms with Crippen LogP contribution in [0.2, 0.25) is 0 Å². The molecule has 0 radical (unpaired) electrons. The second-order valence-corrected chi connectivity index (χ2v) is 20.5. The highest BCUT2D eigenvalue weighted by Gasteiger charge is 2.70. The van der Waals surface area contributed by atoms with Gasteiger partial charge in [-0.3, -0.25) is 14.8 Å². The first kappa shape index (κ1) is 37.3. The van der Waals surface area contributed by atoms with Crippen LogP contribution in [0.15, 0.2) is 29.8 Å². The number of carbonyl (C=O) groups is 1. The summed E-state index contributed by atoms with van der Waals surface area (Å²) in [6.45, 7) is 24.9. The van der Waals surface area contributed by atoms with E-state index in [-0.39, 0.29) is 39.0 Å². The number of nitrogens with one attached hydrogen (secondary N) is 1. The Balaban J connectivity index is 1.34. The lowest BCUT2D eigenvalue weighted by atomic mass is 9.32. The molecule has 53 heavy (non-hydrogen) atoms. The van der Waals surface area contributed by atoms with Crippen LogP contribution >= 0.6 is 0 Å². The number of benzene rings is 1. The van der Waals surface area contributed by atoms with Gasteiger partial charge in [-0.1, -0.05) is 91.6 Å². The molecule has 0 amide bonds. The number of nitrogens with zero attached hydrogens (tertiary/aromatic N) is 2. The molecular weight excluding hydrogens is 657 g/mol. The number of ether oxygens (including phenoxy) is 2. The molecule has 3 N–H and O–H groups in total. The van der Waals surface area contributed by atoms with Crippen LogP contribution in [0.1, 0.15) is 142 Å². The van der Waals surface area contributed by atoms with Crippen LogP contribution in [-0.4, -0.2) is 54.0 Å². The predicted octanol–water partition coefficient (Wildman–Crippen LogP) is 9.51. The molecule has 7 heteroatoms. The van der Waals surface area contributed by atoms with Gasteiger partial charge in [-0.25, -0.2) is 0 Å². The fourth-order valence-corrected chi connectivity index (χ4v) is 13.8. The average Bonchev–Trinajstić information content (AvgIpc) is 3.49. The standard InChI is InChI=1S/C46H68N4O3/c1-9-10-23-53-40(51)46-19-17-41(2,3)28-34(46)37-32(31-14-12-11-13-30(31)29-50-21-24-52-25-22-50)26-36-43(6)27-33-38(48-49-39(33)47)42(4,5)35(43)15-16-44(36,7)45(37,8)18-20-46/h11-14,34-36H,9-10,15-29H2,1-8H3,(H3,47,48,49)/t34-,35-,36?,43-,44+,45+,46-/m0/s1. The maximum absolute atomic E-state index is 14.7. The van der Waals surface area contributed by atoms with Crippen LogP contribution in [0.5, 0.6) is 0 Å². The summed E-state index contributed by atoms with van der Waals surface area (Å²) < 4.78 is 12.1. The van der Waals surface area contributed by atoms with Gasteiger partial charge in [0, 0.05) is 36.3 Å². The molecule has 7 nitrogen and oxygen atoms in total. The van der Waals surface area contributed by atoms with E-state index < -0.39 is 5.41 Å². The van der Waals surface area contributed by atoms with Gasteiger partial charge in [0.05, 0.1) is 25.2 Å². The maximum Gasteiger partial charge on any atom is 0.312 e. The Morgan fingerprint density at radius 1 is 1.00 bits per heavy atom. The first-order valence-electron chi connectivity index (χ1n) is 21.2. The summed E-state index contributed by atoms with van der Waals surface area (Å²) in [5.74, 6) is 1.91. The second kappa shape index (κ2) is 13.0. The number of aromatic nitrogens is 2. The monoisotopic (exact) mass is 725 g/mol. The van der Waals surface area contributed by atoms with E-state index in [1.807, 2.05) is 0 Å². The molecule has 1 saturated heterocycles. The fourth-order valence-electron chi connectivity index (χ4n) is 13.8. The van der Waals surface area contributed by atoms with E-state index >= 15 is 0 Å². The average molecular weight is 725 g/mol. The molecule has 4 fully saturated rings. The minimum Gasteiger partial charge on any atom is -0.465 e. The first-order valence-corrected chi connectivity index (χ1v) is 21.2. The number of hydrogen-bond donors (Lipinski definition) is 2. The van der Waals surface area contributed by atoms with Crippen LogP contribution in [0.4, 0.5) is 5.82 Å². The number of fused-ring (bicyclic) bond motifs is 8. The smallest absolute Gasteiger partial charge is 0.312 e. The van der Waals surface area contributed by atoms with Crippen molar-refractivity contribution in [3.8, 4) is 0 Å².